The van der Waals surface area contributed by atoms with Crippen molar-refractivity contribution in [3.05, 3.63) is 54.1 Å². The summed E-state index contributed by atoms with van der Waals surface area (Å²) >= 11 is 0. The Balaban J connectivity index is 1.52. The number of hydrogen-bond acceptors (Lipinski definition) is 4. The summed E-state index contributed by atoms with van der Waals surface area (Å²) in [6.45, 7) is 3.17. The van der Waals surface area contributed by atoms with Crippen LogP contribution in [-0.4, -0.2) is 30.7 Å². The minimum absolute atomic E-state index is 0.0883. The molecule has 0 saturated carbocycles. The Morgan fingerprint density at radius 2 is 1.89 bits per heavy atom. The zero-order chi connectivity index (χ0) is 19.9. The summed E-state index contributed by atoms with van der Waals surface area (Å²) < 4.78 is 5.36. The molecular weight excluding hydrogens is 356 g/mol. The highest BCUT2D eigenvalue weighted by molar-refractivity contribution is 6.00. The number of benzene rings is 2. The second kappa shape index (κ2) is 9.17. The molecule has 146 valence electrons. The number of anilines is 2. The van der Waals surface area contributed by atoms with Crippen molar-refractivity contribution in [2.45, 2.75) is 32.6 Å². The van der Waals surface area contributed by atoms with Crippen molar-refractivity contribution in [2.24, 2.45) is 0 Å². The third-order valence-electron chi connectivity index (χ3n) is 4.58. The molecule has 1 aliphatic rings. The first kappa shape index (κ1) is 19.6. The molecular formula is C22H24N2O4. The molecule has 0 atom stereocenters. The topological polar surface area (TPSA) is 75.7 Å². The fourth-order valence-corrected chi connectivity index (χ4v) is 3.17. The highest BCUT2D eigenvalue weighted by Crippen LogP contribution is 2.24. The fraction of sp³-hybridized carbons (Fsp3) is 0.318. The average Bonchev–Trinajstić information content (AvgIpc) is 3.13. The van der Waals surface area contributed by atoms with E-state index >= 15 is 0 Å². The minimum atomic E-state index is -0.232. The summed E-state index contributed by atoms with van der Waals surface area (Å²) in [5.74, 6) is 0.497. The highest BCUT2D eigenvalue weighted by atomic mass is 16.5. The molecule has 2 aromatic carbocycles. The van der Waals surface area contributed by atoms with Gasteiger partial charge in [0.2, 0.25) is 11.8 Å². The predicted octanol–water partition coefficient (Wildman–Crippen LogP) is 3.81. The van der Waals surface area contributed by atoms with Crippen LogP contribution in [0.5, 0.6) is 5.75 Å². The maximum Gasteiger partial charge on any atom is 0.227 e. The molecule has 0 aromatic heterocycles. The molecule has 6 nitrogen and oxygen atoms in total. The number of nitrogens with zero attached hydrogens (tertiary/aromatic N) is 1. The van der Waals surface area contributed by atoms with Crippen LogP contribution in [0, 0.1) is 0 Å². The Bertz CT molecular complexity index is 861. The maximum atomic E-state index is 12.3. The number of carbonyl (C=O) groups is 3. The normalized spacial score (nSPS) is 13.5. The van der Waals surface area contributed by atoms with Crippen LogP contribution in [0.25, 0.3) is 0 Å². The van der Waals surface area contributed by atoms with Gasteiger partial charge >= 0.3 is 0 Å². The first-order valence-electron chi connectivity index (χ1n) is 9.53. The quantitative estimate of drug-likeness (QED) is 0.707. The molecule has 1 N–H and O–H groups in total. The number of ether oxygens (including phenoxy) is 1. The van der Waals surface area contributed by atoms with Gasteiger partial charge in [0, 0.05) is 42.7 Å². The maximum absolute atomic E-state index is 12.3. The molecule has 3 rings (SSSR count). The summed E-state index contributed by atoms with van der Waals surface area (Å²) in [5.41, 5.74) is 1.97. The van der Waals surface area contributed by atoms with Crippen LogP contribution in [0.2, 0.25) is 0 Å². The standard InChI is InChI=1S/C22H24N2O4/c1-2-28-19-10-8-16(9-11-19)20(25)12-13-21(26)23-17-5-3-6-18(15-17)24-14-4-7-22(24)27/h3,5-6,8-11,15H,2,4,7,12-14H2,1H3,(H,23,26). The Kier molecular flexibility index (Phi) is 6.42. The molecule has 0 bridgehead atoms. The van der Waals surface area contributed by atoms with Gasteiger partial charge in [-0.2, -0.15) is 0 Å². The predicted molar refractivity (Wildman–Crippen MR) is 108 cm³/mol. The van der Waals surface area contributed by atoms with E-state index in [1.54, 1.807) is 41.3 Å². The van der Waals surface area contributed by atoms with Crippen molar-refractivity contribution >= 4 is 29.0 Å². The second-order valence-corrected chi connectivity index (χ2v) is 6.63. The number of hydrogen-bond donors (Lipinski definition) is 1. The minimum Gasteiger partial charge on any atom is -0.494 e. The molecule has 6 heteroatoms. The lowest BCUT2D eigenvalue weighted by Gasteiger charge is -2.16. The molecule has 1 fully saturated rings. The fourth-order valence-electron chi connectivity index (χ4n) is 3.17. The molecule has 2 amide bonds. The van der Waals surface area contributed by atoms with E-state index in [0.717, 1.165) is 12.1 Å². The largest absolute Gasteiger partial charge is 0.494 e. The van der Waals surface area contributed by atoms with Crippen LogP contribution in [-0.2, 0) is 9.59 Å². The molecule has 1 saturated heterocycles. The van der Waals surface area contributed by atoms with Crippen LogP contribution < -0.4 is 15.0 Å². The number of Topliss-reactive ketones (excluding diaryl/α,β-unsaturated/α-hetero) is 1. The van der Waals surface area contributed by atoms with Gasteiger partial charge in [-0.1, -0.05) is 6.07 Å². The lowest BCUT2D eigenvalue weighted by Crippen LogP contribution is -2.23. The van der Waals surface area contributed by atoms with Crippen molar-refractivity contribution in [2.75, 3.05) is 23.4 Å². The summed E-state index contributed by atoms with van der Waals surface area (Å²) in [5, 5.41) is 2.80. The van der Waals surface area contributed by atoms with E-state index in [4.69, 9.17) is 4.74 Å². The zero-order valence-corrected chi connectivity index (χ0v) is 15.9. The van der Waals surface area contributed by atoms with Crippen molar-refractivity contribution in [3.8, 4) is 5.75 Å². The molecule has 2 aromatic rings. The third-order valence-corrected chi connectivity index (χ3v) is 4.58. The van der Waals surface area contributed by atoms with E-state index in [1.165, 1.54) is 0 Å². The van der Waals surface area contributed by atoms with Crippen LogP contribution in [0.1, 0.15) is 43.0 Å². The first-order chi connectivity index (χ1) is 13.6. The lowest BCUT2D eigenvalue weighted by molar-refractivity contribution is -0.117. The van der Waals surface area contributed by atoms with Crippen LogP contribution in [0.3, 0.4) is 0 Å². The van der Waals surface area contributed by atoms with Crippen molar-refractivity contribution < 1.29 is 19.1 Å². The van der Waals surface area contributed by atoms with Gasteiger partial charge in [-0.05, 0) is 55.8 Å². The number of nitrogens with one attached hydrogen (secondary N) is 1. The molecule has 1 heterocycles. The zero-order valence-electron chi connectivity index (χ0n) is 15.9. The van der Waals surface area contributed by atoms with Crippen LogP contribution >= 0.6 is 0 Å². The van der Waals surface area contributed by atoms with E-state index in [1.807, 2.05) is 19.1 Å². The number of amides is 2. The first-order valence-corrected chi connectivity index (χ1v) is 9.53. The van der Waals surface area contributed by atoms with Gasteiger partial charge in [0.15, 0.2) is 5.78 Å². The van der Waals surface area contributed by atoms with Gasteiger partial charge in [-0.25, -0.2) is 0 Å². The van der Waals surface area contributed by atoms with Gasteiger partial charge in [0.25, 0.3) is 0 Å². The Morgan fingerprint density at radius 1 is 1.11 bits per heavy atom. The van der Waals surface area contributed by atoms with E-state index in [9.17, 15) is 14.4 Å². The number of carbonyl (C=O) groups excluding carboxylic acids is 3. The summed E-state index contributed by atoms with van der Waals surface area (Å²) in [7, 11) is 0. The second-order valence-electron chi connectivity index (χ2n) is 6.63. The Hall–Kier alpha value is -3.15. The van der Waals surface area contributed by atoms with E-state index in [2.05, 4.69) is 5.32 Å². The molecule has 0 unspecified atom stereocenters. The van der Waals surface area contributed by atoms with Crippen LogP contribution in [0.4, 0.5) is 11.4 Å². The third kappa shape index (κ3) is 4.97. The van der Waals surface area contributed by atoms with Crippen LogP contribution in [0.15, 0.2) is 48.5 Å². The molecule has 0 radical (unpaired) electrons. The van der Waals surface area contributed by atoms with Crippen molar-refractivity contribution in [3.63, 3.8) is 0 Å². The highest BCUT2D eigenvalue weighted by Gasteiger charge is 2.21. The monoisotopic (exact) mass is 380 g/mol. The summed E-state index contributed by atoms with van der Waals surface area (Å²) in [6, 6.07) is 14.1. The molecule has 0 spiro atoms. The SMILES string of the molecule is CCOc1ccc(C(=O)CCC(=O)Nc2cccc(N3CCCC3=O)c2)cc1. The van der Waals surface area contributed by atoms with E-state index in [-0.39, 0.29) is 30.4 Å². The Labute approximate surface area is 164 Å². The molecule has 0 aliphatic carbocycles. The van der Waals surface area contributed by atoms with Gasteiger partial charge in [-0.3, -0.25) is 14.4 Å². The van der Waals surface area contributed by atoms with E-state index < -0.39 is 0 Å². The van der Waals surface area contributed by atoms with Gasteiger partial charge in [-0.15, -0.1) is 0 Å². The number of ketones is 1. The lowest BCUT2D eigenvalue weighted by atomic mass is 10.1. The van der Waals surface area contributed by atoms with E-state index in [0.29, 0.717) is 36.6 Å². The molecule has 28 heavy (non-hydrogen) atoms. The summed E-state index contributed by atoms with van der Waals surface area (Å²) in [4.78, 5) is 38.1. The van der Waals surface area contributed by atoms with Crippen molar-refractivity contribution in [1.82, 2.24) is 0 Å². The molecule has 1 aliphatic heterocycles. The Morgan fingerprint density at radius 3 is 2.57 bits per heavy atom. The smallest absolute Gasteiger partial charge is 0.227 e. The van der Waals surface area contributed by atoms with Gasteiger partial charge in [0.1, 0.15) is 5.75 Å². The number of rotatable bonds is 8. The average molecular weight is 380 g/mol. The van der Waals surface area contributed by atoms with Gasteiger partial charge < -0.3 is 15.0 Å². The summed E-state index contributed by atoms with van der Waals surface area (Å²) in [6.07, 6.45) is 1.64. The van der Waals surface area contributed by atoms with Crippen molar-refractivity contribution in [1.29, 1.82) is 0 Å². The van der Waals surface area contributed by atoms with Gasteiger partial charge in [0.05, 0.1) is 6.61 Å².